The van der Waals surface area contributed by atoms with Crippen molar-refractivity contribution < 1.29 is 9.47 Å². The molecule has 0 saturated carbocycles. The van der Waals surface area contributed by atoms with E-state index in [0.29, 0.717) is 24.0 Å². The van der Waals surface area contributed by atoms with Gasteiger partial charge in [-0.15, -0.1) is 0 Å². The number of ether oxygens (including phenoxy) is 2. The van der Waals surface area contributed by atoms with Gasteiger partial charge in [-0.25, -0.2) is 0 Å². The molecule has 0 spiro atoms. The van der Waals surface area contributed by atoms with E-state index in [9.17, 15) is 0 Å². The molecule has 4 nitrogen and oxygen atoms in total. The smallest absolute Gasteiger partial charge is 0.137 e. The number of benzene rings is 1. The molecule has 0 aromatic heterocycles. The normalized spacial score (nSPS) is 18.5. The first-order valence-corrected chi connectivity index (χ1v) is 6.34. The van der Waals surface area contributed by atoms with E-state index < -0.39 is 0 Å². The minimum absolute atomic E-state index is 0.358. The van der Waals surface area contributed by atoms with Gasteiger partial charge in [0, 0.05) is 19.7 Å². The Hall–Kier alpha value is -1.57. The van der Waals surface area contributed by atoms with Gasteiger partial charge in [-0.3, -0.25) is 0 Å². The van der Waals surface area contributed by atoms with Gasteiger partial charge in [0.05, 0.1) is 11.7 Å². The molecular formula is C14H18N2O2. The lowest BCUT2D eigenvalue weighted by molar-refractivity contribution is 0.109. The predicted molar refractivity (Wildman–Crippen MR) is 68.5 cm³/mol. The number of hydrogen-bond donors (Lipinski definition) is 1. The number of para-hydroxylation sites is 1. The van der Waals surface area contributed by atoms with E-state index in [2.05, 4.69) is 11.4 Å². The summed E-state index contributed by atoms with van der Waals surface area (Å²) < 4.78 is 11.1. The molecule has 1 heterocycles. The van der Waals surface area contributed by atoms with Gasteiger partial charge in [0.15, 0.2) is 0 Å². The van der Waals surface area contributed by atoms with E-state index >= 15 is 0 Å². The lowest BCUT2D eigenvalue weighted by atomic mass is 10.2. The van der Waals surface area contributed by atoms with Crippen LogP contribution in [0, 0.1) is 11.3 Å². The molecule has 18 heavy (non-hydrogen) atoms. The highest BCUT2D eigenvalue weighted by molar-refractivity contribution is 5.42. The molecule has 1 aromatic carbocycles. The monoisotopic (exact) mass is 246 g/mol. The van der Waals surface area contributed by atoms with E-state index in [4.69, 9.17) is 14.7 Å². The first-order valence-electron chi connectivity index (χ1n) is 6.34. The second-order valence-corrected chi connectivity index (χ2v) is 4.30. The van der Waals surface area contributed by atoms with Crippen LogP contribution in [0.25, 0.3) is 0 Å². The number of nitrogens with one attached hydrogen (secondary N) is 1. The van der Waals surface area contributed by atoms with Crippen LogP contribution < -0.4 is 10.1 Å². The fourth-order valence-corrected chi connectivity index (χ4v) is 1.99. The topological polar surface area (TPSA) is 54.3 Å². The van der Waals surface area contributed by atoms with Crippen molar-refractivity contribution in [3.63, 3.8) is 0 Å². The van der Waals surface area contributed by atoms with Crippen LogP contribution >= 0.6 is 0 Å². The van der Waals surface area contributed by atoms with E-state index in [0.717, 1.165) is 26.1 Å². The molecule has 1 aromatic rings. The fraction of sp³-hybridized carbons (Fsp3) is 0.500. The van der Waals surface area contributed by atoms with Crippen LogP contribution in [0.3, 0.4) is 0 Å². The molecule has 1 aliphatic heterocycles. The first-order chi connectivity index (χ1) is 8.90. The summed E-state index contributed by atoms with van der Waals surface area (Å²) in [5, 5.41) is 12.2. The van der Waals surface area contributed by atoms with Crippen molar-refractivity contribution in [1.29, 1.82) is 5.26 Å². The quantitative estimate of drug-likeness (QED) is 0.776. The van der Waals surface area contributed by atoms with Crippen molar-refractivity contribution in [1.82, 2.24) is 5.32 Å². The Morgan fingerprint density at radius 1 is 1.44 bits per heavy atom. The van der Waals surface area contributed by atoms with Crippen molar-refractivity contribution in [3.8, 4) is 11.8 Å². The summed E-state index contributed by atoms with van der Waals surface area (Å²) >= 11 is 0. The molecule has 1 saturated heterocycles. The summed E-state index contributed by atoms with van der Waals surface area (Å²) in [6.45, 7) is 3.09. The third-order valence-electron chi connectivity index (χ3n) is 2.94. The van der Waals surface area contributed by atoms with Gasteiger partial charge >= 0.3 is 0 Å². The zero-order chi connectivity index (χ0) is 12.6. The van der Waals surface area contributed by atoms with Gasteiger partial charge < -0.3 is 14.8 Å². The van der Waals surface area contributed by atoms with E-state index in [1.54, 1.807) is 6.07 Å². The molecule has 1 aliphatic rings. The zero-order valence-electron chi connectivity index (χ0n) is 10.4. The van der Waals surface area contributed by atoms with Crippen molar-refractivity contribution >= 4 is 0 Å². The maximum Gasteiger partial charge on any atom is 0.137 e. The highest BCUT2D eigenvalue weighted by Gasteiger charge is 2.14. The molecule has 0 radical (unpaired) electrons. The molecular weight excluding hydrogens is 228 g/mol. The average molecular weight is 246 g/mol. The molecule has 1 N–H and O–H groups in total. The highest BCUT2D eigenvalue weighted by atomic mass is 16.5. The fourth-order valence-electron chi connectivity index (χ4n) is 1.99. The van der Waals surface area contributed by atoms with Gasteiger partial charge in [-0.2, -0.15) is 5.26 Å². The van der Waals surface area contributed by atoms with Gasteiger partial charge in [0.2, 0.25) is 0 Å². The number of hydrogen-bond acceptors (Lipinski definition) is 4. The summed E-state index contributed by atoms with van der Waals surface area (Å²) in [6, 6.07) is 9.40. The highest BCUT2D eigenvalue weighted by Crippen LogP contribution is 2.16. The summed E-state index contributed by atoms with van der Waals surface area (Å²) in [7, 11) is 0. The Balaban J connectivity index is 1.64. The summed E-state index contributed by atoms with van der Waals surface area (Å²) in [4.78, 5) is 0. The molecule has 1 fully saturated rings. The molecule has 0 amide bonds. The number of nitrogens with zero attached hydrogens (tertiary/aromatic N) is 1. The minimum atomic E-state index is 0.358. The summed E-state index contributed by atoms with van der Waals surface area (Å²) in [5.41, 5.74) is 0.580. The van der Waals surface area contributed by atoms with Crippen LogP contribution in [0.5, 0.6) is 5.75 Å². The Kier molecular flexibility index (Phi) is 5.00. The third-order valence-corrected chi connectivity index (χ3v) is 2.94. The SMILES string of the molecule is N#Cc1ccccc1OCCNCC1CCCO1. The van der Waals surface area contributed by atoms with Crippen molar-refractivity contribution in [3.05, 3.63) is 29.8 Å². The van der Waals surface area contributed by atoms with E-state index in [-0.39, 0.29) is 0 Å². The van der Waals surface area contributed by atoms with Crippen LogP contribution in [0.15, 0.2) is 24.3 Å². The predicted octanol–water partition coefficient (Wildman–Crippen LogP) is 1.71. The lowest BCUT2D eigenvalue weighted by Crippen LogP contribution is -2.29. The van der Waals surface area contributed by atoms with Crippen LogP contribution in [0.1, 0.15) is 18.4 Å². The summed E-state index contributed by atoms with van der Waals surface area (Å²) in [5.74, 6) is 0.652. The Morgan fingerprint density at radius 3 is 3.11 bits per heavy atom. The van der Waals surface area contributed by atoms with E-state index in [1.165, 1.54) is 6.42 Å². The van der Waals surface area contributed by atoms with Gasteiger partial charge in [-0.05, 0) is 25.0 Å². The van der Waals surface area contributed by atoms with Gasteiger partial charge in [-0.1, -0.05) is 12.1 Å². The molecule has 0 aliphatic carbocycles. The van der Waals surface area contributed by atoms with Crippen molar-refractivity contribution in [2.75, 3.05) is 26.3 Å². The average Bonchev–Trinajstić information content (AvgIpc) is 2.92. The van der Waals surface area contributed by atoms with E-state index in [1.807, 2.05) is 18.2 Å². The second kappa shape index (κ2) is 7.00. The van der Waals surface area contributed by atoms with Gasteiger partial charge in [0.25, 0.3) is 0 Å². The van der Waals surface area contributed by atoms with Crippen LogP contribution in [0.2, 0.25) is 0 Å². The molecule has 4 heteroatoms. The number of rotatable bonds is 6. The lowest BCUT2D eigenvalue weighted by Gasteiger charge is -2.11. The largest absolute Gasteiger partial charge is 0.491 e. The molecule has 1 unspecified atom stereocenters. The first kappa shape index (κ1) is 12.9. The van der Waals surface area contributed by atoms with Crippen molar-refractivity contribution in [2.45, 2.75) is 18.9 Å². The molecule has 1 atom stereocenters. The van der Waals surface area contributed by atoms with Crippen molar-refractivity contribution in [2.24, 2.45) is 0 Å². The molecule has 0 bridgehead atoms. The van der Waals surface area contributed by atoms with Crippen LogP contribution in [0.4, 0.5) is 0 Å². The van der Waals surface area contributed by atoms with Crippen LogP contribution in [-0.4, -0.2) is 32.4 Å². The molecule has 2 rings (SSSR count). The van der Waals surface area contributed by atoms with Crippen LogP contribution in [-0.2, 0) is 4.74 Å². The van der Waals surface area contributed by atoms with Gasteiger partial charge in [0.1, 0.15) is 18.4 Å². The molecule has 96 valence electrons. The second-order valence-electron chi connectivity index (χ2n) is 4.30. The Bertz CT molecular complexity index is 409. The standard InChI is InChI=1S/C14H18N2O2/c15-10-12-4-1-2-6-14(12)18-9-7-16-11-13-5-3-8-17-13/h1-2,4,6,13,16H,3,5,7-9,11H2. The Labute approximate surface area is 108 Å². The maximum absolute atomic E-state index is 8.90. The minimum Gasteiger partial charge on any atom is -0.491 e. The summed E-state index contributed by atoms with van der Waals surface area (Å²) in [6.07, 6.45) is 2.67. The maximum atomic E-state index is 8.90. The zero-order valence-corrected chi connectivity index (χ0v) is 10.4. The Morgan fingerprint density at radius 2 is 2.33 bits per heavy atom. The number of nitriles is 1. The third kappa shape index (κ3) is 3.73.